The molecule has 1 aliphatic carbocycles. The Bertz CT molecular complexity index is 703. The molecule has 0 radical (unpaired) electrons. The molecule has 1 aromatic heterocycles. The van der Waals surface area contributed by atoms with Gasteiger partial charge in [0.15, 0.2) is 0 Å². The molecule has 3 rings (SSSR count). The molecule has 136 valence electrons. The molecule has 0 saturated heterocycles. The lowest BCUT2D eigenvalue weighted by molar-refractivity contribution is -0.121. The summed E-state index contributed by atoms with van der Waals surface area (Å²) in [7, 11) is 1.61. The van der Waals surface area contributed by atoms with E-state index in [0.717, 1.165) is 23.8 Å². The number of carbonyl (C=O) groups excluding carboxylic acids is 1. The molecule has 1 heterocycles. The van der Waals surface area contributed by atoms with Gasteiger partial charge in [0.2, 0.25) is 17.6 Å². The standard InChI is InChI=1S/C17H22N4O3.ClH/c1-11(19-15(22)10-18-9-12-6-7-12)17-20-16(21-24-17)13-4-3-5-14(8-13)23-2;/h3-5,8,11-12,18H,6-7,9-10H2,1-2H3,(H,19,22);1H. The predicted octanol–water partition coefficient (Wildman–Crippen LogP) is 2.34. The Morgan fingerprint density at radius 2 is 2.24 bits per heavy atom. The summed E-state index contributed by atoms with van der Waals surface area (Å²) < 4.78 is 10.5. The molecule has 7 nitrogen and oxygen atoms in total. The highest BCUT2D eigenvalue weighted by Crippen LogP contribution is 2.27. The van der Waals surface area contributed by atoms with Gasteiger partial charge < -0.3 is 19.9 Å². The van der Waals surface area contributed by atoms with Crippen LogP contribution in [0.3, 0.4) is 0 Å². The minimum atomic E-state index is -0.341. The molecule has 0 spiro atoms. The molecule has 1 aliphatic rings. The highest BCUT2D eigenvalue weighted by molar-refractivity contribution is 5.85. The van der Waals surface area contributed by atoms with Gasteiger partial charge in [-0.3, -0.25) is 4.79 Å². The van der Waals surface area contributed by atoms with E-state index in [1.54, 1.807) is 7.11 Å². The SMILES string of the molecule is COc1cccc(-c2noc(C(C)NC(=O)CNCC3CC3)n2)c1.Cl. The van der Waals surface area contributed by atoms with Crippen molar-refractivity contribution in [2.24, 2.45) is 5.92 Å². The van der Waals surface area contributed by atoms with E-state index < -0.39 is 0 Å². The minimum absolute atomic E-state index is 0. The van der Waals surface area contributed by atoms with E-state index in [4.69, 9.17) is 9.26 Å². The Morgan fingerprint density at radius 3 is 2.96 bits per heavy atom. The summed E-state index contributed by atoms with van der Waals surface area (Å²) >= 11 is 0. The van der Waals surface area contributed by atoms with Gasteiger partial charge in [0, 0.05) is 5.56 Å². The summed E-state index contributed by atoms with van der Waals surface area (Å²) in [6, 6.07) is 7.08. The fraction of sp³-hybridized carbons (Fsp3) is 0.471. The maximum Gasteiger partial charge on any atom is 0.249 e. The number of benzene rings is 1. The fourth-order valence-corrected chi connectivity index (χ4v) is 2.36. The van der Waals surface area contributed by atoms with Crippen molar-refractivity contribution in [1.29, 1.82) is 0 Å². The summed E-state index contributed by atoms with van der Waals surface area (Å²) in [6.07, 6.45) is 2.53. The van der Waals surface area contributed by atoms with E-state index in [9.17, 15) is 4.79 Å². The molecule has 25 heavy (non-hydrogen) atoms. The number of ether oxygens (including phenoxy) is 1. The quantitative estimate of drug-likeness (QED) is 0.745. The lowest BCUT2D eigenvalue weighted by Crippen LogP contribution is -2.36. The number of nitrogens with zero attached hydrogens (tertiary/aromatic N) is 2. The van der Waals surface area contributed by atoms with Gasteiger partial charge in [0.05, 0.1) is 13.7 Å². The van der Waals surface area contributed by atoms with Crippen molar-refractivity contribution in [2.75, 3.05) is 20.2 Å². The van der Waals surface area contributed by atoms with Crippen molar-refractivity contribution in [3.8, 4) is 17.1 Å². The molecule has 1 aromatic carbocycles. The summed E-state index contributed by atoms with van der Waals surface area (Å²) in [5.41, 5.74) is 0.800. The first-order chi connectivity index (χ1) is 11.7. The number of methoxy groups -OCH3 is 1. The normalized spacial score (nSPS) is 14.5. The number of carbonyl (C=O) groups is 1. The number of nitrogens with one attached hydrogen (secondary N) is 2. The number of rotatable bonds is 8. The van der Waals surface area contributed by atoms with Gasteiger partial charge in [-0.15, -0.1) is 12.4 Å². The first-order valence-corrected chi connectivity index (χ1v) is 8.14. The van der Waals surface area contributed by atoms with Gasteiger partial charge in [0.1, 0.15) is 11.8 Å². The zero-order chi connectivity index (χ0) is 16.9. The molecule has 1 amide bonds. The third kappa shape index (κ3) is 5.44. The zero-order valence-electron chi connectivity index (χ0n) is 14.3. The molecule has 1 atom stereocenters. The summed E-state index contributed by atoms with van der Waals surface area (Å²) in [5, 5.41) is 9.99. The van der Waals surface area contributed by atoms with Gasteiger partial charge in [-0.25, -0.2) is 0 Å². The Labute approximate surface area is 152 Å². The van der Waals surface area contributed by atoms with Crippen molar-refractivity contribution in [3.63, 3.8) is 0 Å². The topological polar surface area (TPSA) is 89.3 Å². The molecule has 1 fully saturated rings. The van der Waals surface area contributed by atoms with Crippen molar-refractivity contribution < 1.29 is 14.1 Å². The van der Waals surface area contributed by atoms with Gasteiger partial charge in [-0.2, -0.15) is 4.98 Å². The summed E-state index contributed by atoms with van der Waals surface area (Å²) in [6.45, 7) is 3.03. The first kappa shape index (κ1) is 19.2. The average molecular weight is 367 g/mol. The second-order valence-corrected chi connectivity index (χ2v) is 6.05. The lowest BCUT2D eigenvalue weighted by Gasteiger charge is -2.10. The molecule has 0 bridgehead atoms. The van der Waals surface area contributed by atoms with Crippen LogP contribution in [-0.4, -0.2) is 36.2 Å². The highest BCUT2D eigenvalue weighted by Gasteiger charge is 2.21. The fourth-order valence-electron chi connectivity index (χ4n) is 2.36. The van der Waals surface area contributed by atoms with E-state index in [2.05, 4.69) is 20.8 Å². The minimum Gasteiger partial charge on any atom is -0.497 e. The van der Waals surface area contributed by atoms with Crippen LogP contribution in [0.1, 0.15) is 31.7 Å². The van der Waals surface area contributed by atoms with Crippen LogP contribution < -0.4 is 15.4 Å². The maximum absolute atomic E-state index is 11.9. The smallest absolute Gasteiger partial charge is 0.249 e. The Balaban J connectivity index is 0.00000225. The van der Waals surface area contributed by atoms with Crippen LogP contribution in [0.4, 0.5) is 0 Å². The second kappa shape index (κ2) is 8.82. The van der Waals surface area contributed by atoms with Crippen LogP contribution in [0.5, 0.6) is 5.75 Å². The third-order valence-corrected chi connectivity index (χ3v) is 3.93. The highest BCUT2D eigenvalue weighted by atomic mass is 35.5. The van der Waals surface area contributed by atoms with E-state index in [-0.39, 0.29) is 24.4 Å². The summed E-state index contributed by atoms with van der Waals surface area (Å²) in [4.78, 5) is 16.3. The number of hydrogen-bond acceptors (Lipinski definition) is 6. The molecular formula is C17H23ClN4O3. The van der Waals surface area contributed by atoms with Gasteiger partial charge >= 0.3 is 0 Å². The van der Waals surface area contributed by atoms with Crippen LogP contribution in [0.15, 0.2) is 28.8 Å². The van der Waals surface area contributed by atoms with Crippen LogP contribution in [0.25, 0.3) is 11.4 Å². The van der Waals surface area contributed by atoms with Crippen LogP contribution in [0, 0.1) is 5.92 Å². The van der Waals surface area contributed by atoms with E-state index in [1.165, 1.54) is 12.8 Å². The average Bonchev–Trinajstić information content (AvgIpc) is 3.27. The first-order valence-electron chi connectivity index (χ1n) is 8.14. The van der Waals surface area contributed by atoms with Gasteiger partial charge in [-0.05, 0) is 44.4 Å². The molecular weight excluding hydrogens is 344 g/mol. The van der Waals surface area contributed by atoms with Gasteiger partial charge in [0.25, 0.3) is 0 Å². The Morgan fingerprint density at radius 1 is 1.44 bits per heavy atom. The largest absolute Gasteiger partial charge is 0.497 e. The predicted molar refractivity (Wildman–Crippen MR) is 95.7 cm³/mol. The number of hydrogen-bond donors (Lipinski definition) is 2. The van der Waals surface area contributed by atoms with Crippen molar-refractivity contribution in [1.82, 2.24) is 20.8 Å². The molecule has 8 heteroatoms. The van der Waals surface area contributed by atoms with E-state index >= 15 is 0 Å². The van der Waals surface area contributed by atoms with E-state index in [1.807, 2.05) is 31.2 Å². The molecule has 1 saturated carbocycles. The van der Waals surface area contributed by atoms with Gasteiger partial charge in [-0.1, -0.05) is 17.3 Å². The van der Waals surface area contributed by atoms with Crippen LogP contribution in [-0.2, 0) is 4.79 Å². The zero-order valence-corrected chi connectivity index (χ0v) is 15.1. The number of aromatic nitrogens is 2. The maximum atomic E-state index is 11.9. The van der Waals surface area contributed by atoms with Crippen molar-refractivity contribution in [3.05, 3.63) is 30.2 Å². The van der Waals surface area contributed by atoms with Crippen LogP contribution in [0.2, 0.25) is 0 Å². The monoisotopic (exact) mass is 366 g/mol. The third-order valence-electron chi connectivity index (χ3n) is 3.93. The molecule has 2 N–H and O–H groups in total. The number of amides is 1. The van der Waals surface area contributed by atoms with E-state index in [0.29, 0.717) is 18.3 Å². The molecule has 0 aliphatic heterocycles. The van der Waals surface area contributed by atoms with Crippen molar-refractivity contribution in [2.45, 2.75) is 25.8 Å². The Hall–Kier alpha value is -2.12. The van der Waals surface area contributed by atoms with Crippen LogP contribution >= 0.6 is 12.4 Å². The Kier molecular flexibility index (Phi) is 6.78. The second-order valence-electron chi connectivity index (χ2n) is 6.05. The number of halogens is 1. The summed E-state index contributed by atoms with van der Waals surface area (Å²) in [5.74, 6) is 2.24. The molecule has 1 unspecified atom stereocenters. The van der Waals surface area contributed by atoms with Crippen molar-refractivity contribution >= 4 is 18.3 Å². The molecule has 2 aromatic rings. The lowest BCUT2D eigenvalue weighted by atomic mass is 10.2.